The number of allylic oxidation sites excluding steroid dienone is 1. The lowest BCUT2D eigenvalue weighted by molar-refractivity contribution is -0.141. The van der Waals surface area contributed by atoms with Gasteiger partial charge in [0.25, 0.3) is 0 Å². The molecule has 1 fully saturated rings. The number of ketones is 1. The van der Waals surface area contributed by atoms with Crippen molar-refractivity contribution in [3.63, 3.8) is 0 Å². The van der Waals surface area contributed by atoms with Gasteiger partial charge in [-0.05, 0) is 31.6 Å². The maximum absolute atomic E-state index is 11.9. The van der Waals surface area contributed by atoms with Crippen molar-refractivity contribution in [3.05, 3.63) is 11.6 Å². The molecule has 0 spiro atoms. The van der Waals surface area contributed by atoms with E-state index in [0.717, 1.165) is 12.8 Å². The van der Waals surface area contributed by atoms with Gasteiger partial charge in [0.2, 0.25) is 0 Å². The average Bonchev–Trinajstić information content (AvgIpc) is 2.34. The summed E-state index contributed by atoms with van der Waals surface area (Å²) in [4.78, 5) is 23.4. The third-order valence-corrected chi connectivity index (χ3v) is 3.20. The maximum atomic E-state index is 11.9. The zero-order valence-electron chi connectivity index (χ0n) is 11.7. The Balaban J connectivity index is 2.65. The van der Waals surface area contributed by atoms with E-state index in [-0.39, 0.29) is 17.3 Å². The van der Waals surface area contributed by atoms with Gasteiger partial charge < -0.3 is 4.74 Å². The zero-order chi connectivity index (χ0) is 13.5. The highest BCUT2D eigenvalue weighted by molar-refractivity contribution is 6.16. The van der Waals surface area contributed by atoms with Crippen LogP contribution in [0.15, 0.2) is 11.6 Å². The molecule has 1 saturated carbocycles. The van der Waals surface area contributed by atoms with Crippen molar-refractivity contribution in [1.29, 1.82) is 0 Å². The quantitative estimate of drug-likeness (QED) is 0.326. The summed E-state index contributed by atoms with van der Waals surface area (Å²) >= 11 is 0. The third kappa shape index (κ3) is 5.03. The first-order valence-electron chi connectivity index (χ1n) is 6.90. The Morgan fingerprint density at radius 3 is 2.33 bits per heavy atom. The summed E-state index contributed by atoms with van der Waals surface area (Å²) < 4.78 is 5.14. The number of carbonyl (C=O) groups excluding carboxylic acids is 2. The second-order valence-corrected chi connectivity index (χ2v) is 5.53. The summed E-state index contributed by atoms with van der Waals surface area (Å²) in [6.45, 7) is 5.76. The lowest BCUT2D eigenvalue weighted by Crippen LogP contribution is -2.18. The van der Waals surface area contributed by atoms with E-state index >= 15 is 0 Å². The van der Waals surface area contributed by atoms with Crippen LogP contribution in [0, 0.1) is 11.8 Å². The average molecular weight is 252 g/mol. The molecular weight excluding hydrogens is 228 g/mol. The van der Waals surface area contributed by atoms with Crippen LogP contribution in [0.25, 0.3) is 0 Å². The molecule has 0 aromatic rings. The molecule has 0 bridgehead atoms. The molecule has 0 amide bonds. The Kier molecular flexibility index (Phi) is 6.10. The Bertz CT molecular complexity index is 323. The minimum Gasteiger partial charge on any atom is -0.462 e. The first-order chi connectivity index (χ1) is 8.50. The molecule has 0 heterocycles. The fourth-order valence-corrected chi connectivity index (χ4v) is 2.19. The maximum Gasteiger partial charge on any atom is 0.341 e. The van der Waals surface area contributed by atoms with Crippen molar-refractivity contribution in [1.82, 2.24) is 0 Å². The van der Waals surface area contributed by atoms with Gasteiger partial charge in [-0.1, -0.05) is 39.2 Å². The van der Waals surface area contributed by atoms with Crippen LogP contribution in [0.1, 0.15) is 52.9 Å². The molecular formula is C15H24O3. The van der Waals surface area contributed by atoms with Gasteiger partial charge in [-0.25, -0.2) is 4.79 Å². The van der Waals surface area contributed by atoms with E-state index in [9.17, 15) is 9.59 Å². The van der Waals surface area contributed by atoms with Crippen LogP contribution in [0.2, 0.25) is 0 Å². The van der Waals surface area contributed by atoms with Crippen molar-refractivity contribution in [2.24, 2.45) is 11.8 Å². The summed E-state index contributed by atoms with van der Waals surface area (Å²) in [7, 11) is 0. The lowest BCUT2D eigenvalue weighted by Gasteiger charge is -2.19. The summed E-state index contributed by atoms with van der Waals surface area (Å²) in [5, 5.41) is 0. The lowest BCUT2D eigenvalue weighted by atomic mass is 9.87. The van der Waals surface area contributed by atoms with Crippen LogP contribution in [0.4, 0.5) is 0 Å². The molecule has 0 unspecified atom stereocenters. The zero-order valence-corrected chi connectivity index (χ0v) is 11.7. The fourth-order valence-electron chi connectivity index (χ4n) is 2.19. The highest BCUT2D eigenvalue weighted by Crippen LogP contribution is 2.26. The SMILES string of the molecule is CC(=O)C(=CC1CCCCC1)C(=O)OCC(C)C. The Hall–Kier alpha value is -1.12. The molecule has 0 N–H and O–H groups in total. The van der Waals surface area contributed by atoms with Gasteiger partial charge in [-0.3, -0.25) is 4.79 Å². The normalized spacial score (nSPS) is 17.9. The predicted molar refractivity (Wildman–Crippen MR) is 71.1 cm³/mol. The number of ether oxygens (including phenoxy) is 1. The van der Waals surface area contributed by atoms with E-state index < -0.39 is 5.97 Å². The van der Waals surface area contributed by atoms with Gasteiger partial charge in [0.15, 0.2) is 5.78 Å². The minimum absolute atomic E-state index is 0.186. The van der Waals surface area contributed by atoms with E-state index in [4.69, 9.17) is 4.74 Å². The van der Waals surface area contributed by atoms with Crippen molar-refractivity contribution >= 4 is 11.8 Å². The summed E-state index contributed by atoms with van der Waals surface area (Å²) in [5.74, 6) is 0.0113. The smallest absolute Gasteiger partial charge is 0.341 e. The standard InChI is InChI=1S/C15H24O3/c1-11(2)10-18-15(17)14(12(3)16)9-13-7-5-4-6-8-13/h9,11,13H,4-8,10H2,1-3H3. The predicted octanol–water partition coefficient (Wildman–Crippen LogP) is 3.28. The number of Topliss-reactive ketones (excluding diaryl/α,β-unsaturated/α-hetero) is 1. The van der Waals surface area contributed by atoms with Gasteiger partial charge >= 0.3 is 5.97 Å². The summed E-state index contributed by atoms with van der Waals surface area (Å²) in [5.41, 5.74) is 0.238. The highest BCUT2D eigenvalue weighted by atomic mass is 16.5. The first kappa shape index (κ1) is 14.9. The molecule has 1 aliphatic rings. The number of hydrogen-bond donors (Lipinski definition) is 0. The Labute approximate surface area is 110 Å². The molecule has 0 aromatic carbocycles. The van der Waals surface area contributed by atoms with Crippen molar-refractivity contribution in [3.8, 4) is 0 Å². The molecule has 3 nitrogen and oxygen atoms in total. The molecule has 1 aliphatic carbocycles. The van der Waals surface area contributed by atoms with Crippen LogP contribution in [0.3, 0.4) is 0 Å². The van der Waals surface area contributed by atoms with Crippen LogP contribution < -0.4 is 0 Å². The monoisotopic (exact) mass is 252 g/mol. The fraction of sp³-hybridized carbons (Fsp3) is 0.733. The molecule has 0 aromatic heterocycles. The Morgan fingerprint density at radius 1 is 1.22 bits per heavy atom. The molecule has 0 atom stereocenters. The molecule has 1 rings (SSSR count). The summed E-state index contributed by atoms with van der Waals surface area (Å²) in [6, 6.07) is 0. The molecule has 102 valence electrons. The Morgan fingerprint density at radius 2 is 1.83 bits per heavy atom. The van der Waals surface area contributed by atoms with Gasteiger partial charge in [-0.2, -0.15) is 0 Å². The largest absolute Gasteiger partial charge is 0.462 e. The molecule has 18 heavy (non-hydrogen) atoms. The van der Waals surface area contributed by atoms with Crippen LogP contribution in [-0.4, -0.2) is 18.4 Å². The second-order valence-electron chi connectivity index (χ2n) is 5.53. The highest BCUT2D eigenvalue weighted by Gasteiger charge is 2.20. The first-order valence-corrected chi connectivity index (χ1v) is 6.90. The number of hydrogen-bond acceptors (Lipinski definition) is 3. The van der Waals surface area contributed by atoms with Crippen molar-refractivity contribution < 1.29 is 14.3 Å². The van der Waals surface area contributed by atoms with Crippen LogP contribution in [0.5, 0.6) is 0 Å². The number of esters is 1. The van der Waals surface area contributed by atoms with E-state index in [0.29, 0.717) is 12.5 Å². The van der Waals surface area contributed by atoms with Gasteiger partial charge in [0.1, 0.15) is 0 Å². The molecule has 0 radical (unpaired) electrons. The molecule has 0 aliphatic heterocycles. The van der Waals surface area contributed by atoms with Gasteiger partial charge in [-0.15, -0.1) is 0 Å². The van der Waals surface area contributed by atoms with E-state index in [1.807, 2.05) is 19.9 Å². The summed E-state index contributed by atoms with van der Waals surface area (Å²) in [6.07, 6.45) is 7.63. The van der Waals surface area contributed by atoms with Crippen molar-refractivity contribution in [2.75, 3.05) is 6.61 Å². The molecule has 3 heteroatoms. The number of rotatable bonds is 5. The van der Waals surface area contributed by atoms with E-state index in [1.165, 1.54) is 26.2 Å². The van der Waals surface area contributed by atoms with E-state index in [1.54, 1.807) is 0 Å². The second kappa shape index (κ2) is 7.34. The minimum atomic E-state index is -0.457. The van der Waals surface area contributed by atoms with Gasteiger partial charge in [0.05, 0.1) is 12.2 Å². The van der Waals surface area contributed by atoms with Gasteiger partial charge in [0, 0.05) is 0 Å². The topological polar surface area (TPSA) is 43.4 Å². The van der Waals surface area contributed by atoms with Crippen molar-refractivity contribution in [2.45, 2.75) is 52.9 Å². The molecule has 0 saturated heterocycles. The third-order valence-electron chi connectivity index (χ3n) is 3.20. The number of carbonyl (C=O) groups is 2. The van der Waals surface area contributed by atoms with E-state index in [2.05, 4.69) is 0 Å². The van der Waals surface area contributed by atoms with Crippen LogP contribution >= 0.6 is 0 Å². The van der Waals surface area contributed by atoms with Crippen LogP contribution in [-0.2, 0) is 14.3 Å².